The minimum Gasteiger partial charge on any atom is -0.326 e. The van der Waals surface area contributed by atoms with Crippen LogP contribution < -0.4 is 5.73 Å². The van der Waals surface area contributed by atoms with E-state index in [9.17, 15) is 9.18 Å². The normalized spacial score (nSPS) is 28.3. The van der Waals surface area contributed by atoms with Gasteiger partial charge in [-0.25, -0.2) is 4.39 Å². The first-order chi connectivity index (χ1) is 6.11. The standard InChI is InChI=1S/C9H17FN2O/c1-3-12(8(10)5-11)9(13)7-4-6(7)2/h6-8H,3-5,11H2,1-2H3/t6-,7+,8+/m0/s1. The molecule has 3 atom stereocenters. The van der Waals surface area contributed by atoms with Gasteiger partial charge < -0.3 is 10.6 Å². The average molecular weight is 188 g/mol. The number of hydrogen-bond donors (Lipinski definition) is 1. The van der Waals surface area contributed by atoms with Crippen LogP contribution in [0.15, 0.2) is 0 Å². The Morgan fingerprint density at radius 3 is 2.62 bits per heavy atom. The van der Waals surface area contributed by atoms with E-state index < -0.39 is 6.30 Å². The summed E-state index contributed by atoms with van der Waals surface area (Å²) in [6, 6.07) is 0. The Balaban J connectivity index is 2.50. The number of amides is 1. The van der Waals surface area contributed by atoms with Crippen LogP contribution in [0.3, 0.4) is 0 Å². The summed E-state index contributed by atoms with van der Waals surface area (Å²) in [6.07, 6.45) is -0.419. The highest BCUT2D eigenvalue weighted by Crippen LogP contribution is 2.39. The van der Waals surface area contributed by atoms with Gasteiger partial charge in [0.1, 0.15) is 0 Å². The summed E-state index contributed by atoms with van der Waals surface area (Å²) < 4.78 is 13.1. The minimum absolute atomic E-state index is 0.0461. The summed E-state index contributed by atoms with van der Waals surface area (Å²) in [4.78, 5) is 12.8. The van der Waals surface area contributed by atoms with E-state index in [0.717, 1.165) is 6.42 Å². The SMILES string of the molecule is CCN(C(=O)[C@@H]1C[C@@H]1C)[C@@H](F)CN. The third-order valence-corrected chi connectivity index (χ3v) is 2.58. The van der Waals surface area contributed by atoms with E-state index in [1.165, 1.54) is 4.90 Å². The van der Waals surface area contributed by atoms with Gasteiger partial charge in [0.2, 0.25) is 5.91 Å². The summed E-state index contributed by atoms with van der Waals surface area (Å²) in [5.74, 6) is 0.393. The number of alkyl halides is 1. The smallest absolute Gasteiger partial charge is 0.228 e. The molecular formula is C9H17FN2O. The zero-order valence-electron chi connectivity index (χ0n) is 8.16. The molecule has 0 spiro atoms. The molecule has 1 rings (SSSR count). The van der Waals surface area contributed by atoms with Crippen molar-refractivity contribution < 1.29 is 9.18 Å². The number of carbonyl (C=O) groups excluding carboxylic acids is 1. The molecule has 0 aromatic carbocycles. The summed E-state index contributed by atoms with van der Waals surface area (Å²) in [7, 11) is 0. The largest absolute Gasteiger partial charge is 0.326 e. The van der Waals surface area contributed by atoms with Gasteiger partial charge in [0.15, 0.2) is 6.30 Å². The van der Waals surface area contributed by atoms with E-state index in [0.29, 0.717) is 12.5 Å². The fraction of sp³-hybridized carbons (Fsp3) is 0.889. The van der Waals surface area contributed by atoms with E-state index in [2.05, 4.69) is 0 Å². The van der Waals surface area contributed by atoms with Crippen LogP contribution in [0.25, 0.3) is 0 Å². The Hall–Kier alpha value is -0.640. The van der Waals surface area contributed by atoms with Crippen LogP contribution in [0.5, 0.6) is 0 Å². The number of nitrogens with two attached hydrogens (primary N) is 1. The highest BCUT2D eigenvalue weighted by molar-refractivity contribution is 5.81. The lowest BCUT2D eigenvalue weighted by Gasteiger charge is -2.24. The van der Waals surface area contributed by atoms with Crippen LogP contribution >= 0.6 is 0 Å². The number of hydrogen-bond acceptors (Lipinski definition) is 2. The predicted molar refractivity (Wildman–Crippen MR) is 48.6 cm³/mol. The molecule has 3 nitrogen and oxygen atoms in total. The van der Waals surface area contributed by atoms with Crippen molar-refractivity contribution in [2.24, 2.45) is 17.6 Å². The number of likely N-dealkylation sites (N-methyl/N-ethyl adjacent to an activating group) is 1. The molecule has 0 bridgehead atoms. The van der Waals surface area contributed by atoms with Gasteiger partial charge in [-0.1, -0.05) is 6.92 Å². The Bertz CT molecular complexity index is 198. The number of halogens is 1. The molecular weight excluding hydrogens is 171 g/mol. The second kappa shape index (κ2) is 4.05. The lowest BCUT2D eigenvalue weighted by atomic mass is 10.3. The molecule has 0 heterocycles. The van der Waals surface area contributed by atoms with Crippen LogP contribution in [0.4, 0.5) is 4.39 Å². The monoisotopic (exact) mass is 188 g/mol. The molecule has 4 heteroatoms. The quantitative estimate of drug-likeness (QED) is 0.661. The molecule has 1 aliphatic rings. The van der Waals surface area contributed by atoms with E-state index >= 15 is 0 Å². The fourth-order valence-electron chi connectivity index (χ4n) is 1.50. The predicted octanol–water partition coefficient (Wildman–Crippen LogP) is 0.745. The highest BCUT2D eigenvalue weighted by atomic mass is 19.1. The van der Waals surface area contributed by atoms with Gasteiger partial charge in [-0.15, -0.1) is 0 Å². The van der Waals surface area contributed by atoms with Crippen LogP contribution in [-0.4, -0.2) is 30.2 Å². The van der Waals surface area contributed by atoms with Crippen LogP contribution in [0.2, 0.25) is 0 Å². The van der Waals surface area contributed by atoms with Crippen molar-refractivity contribution in [2.45, 2.75) is 26.6 Å². The van der Waals surface area contributed by atoms with Gasteiger partial charge >= 0.3 is 0 Å². The van der Waals surface area contributed by atoms with Gasteiger partial charge in [0.25, 0.3) is 0 Å². The topological polar surface area (TPSA) is 46.3 Å². The van der Waals surface area contributed by atoms with Crippen LogP contribution in [0, 0.1) is 11.8 Å². The molecule has 13 heavy (non-hydrogen) atoms. The first kappa shape index (κ1) is 10.4. The molecule has 0 aliphatic heterocycles. The minimum atomic E-state index is -1.31. The van der Waals surface area contributed by atoms with Crippen molar-refractivity contribution in [2.75, 3.05) is 13.1 Å². The van der Waals surface area contributed by atoms with Gasteiger partial charge in [-0.3, -0.25) is 4.79 Å². The highest BCUT2D eigenvalue weighted by Gasteiger charge is 2.42. The van der Waals surface area contributed by atoms with Gasteiger partial charge in [-0.05, 0) is 19.3 Å². The molecule has 0 unspecified atom stereocenters. The van der Waals surface area contributed by atoms with Crippen molar-refractivity contribution in [1.82, 2.24) is 4.90 Å². The molecule has 0 radical (unpaired) electrons. The maximum Gasteiger partial charge on any atom is 0.228 e. The molecule has 1 amide bonds. The number of rotatable bonds is 4. The third kappa shape index (κ3) is 2.18. The molecule has 0 aromatic heterocycles. The van der Waals surface area contributed by atoms with E-state index in [4.69, 9.17) is 5.73 Å². The van der Waals surface area contributed by atoms with Crippen molar-refractivity contribution in [3.63, 3.8) is 0 Å². The van der Waals surface area contributed by atoms with Gasteiger partial charge in [-0.2, -0.15) is 0 Å². The summed E-state index contributed by atoms with van der Waals surface area (Å²) in [6.45, 7) is 4.07. The Morgan fingerprint density at radius 2 is 2.31 bits per heavy atom. The van der Waals surface area contributed by atoms with Crippen molar-refractivity contribution >= 4 is 5.91 Å². The third-order valence-electron chi connectivity index (χ3n) is 2.58. The van der Waals surface area contributed by atoms with Crippen molar-refractivity contribution in [3.05, 3.63) is 0 Å². The molecule has 1 fully saturated rings. The lowest BCUT2D eigenvalue weighted by molar-refractivity contribution is -0.138. The first-order valence-corrected chi connectivity index (χ1v) is 4.76. The maximum atomic E-state index is 13.1. The van der Waals surface area contributed by atoms with E-state index in [1.54, 1.807) is 6.92 Å². The van der Waals surface area contributed by atoms with Crippen molar-refractivity contribution in [3.8, 4) is 0 Å². The van der Waals surface area contributed by atoms with E-state index in [1.807, 2.05) is 6.92 Å². The Labute approximate surface area is 78.1 Å². The second-order valence-electron chi connectivity index (χ2n) is 3.61. The summed E-state index contributed by atoms with van der Waals surface area (Å²) >= 11 is 0. The maximum absolute atomic E-state index is 13.1. The summed E-state index contributed by atoms with van der Waals surface area (Å²) in [5, 5.41) is 0. The second-order valence-corrected chi connectivity index (χ2v) is 3.61. The number of carbonyl (C=O) groups is 1. The molecule has 0 aromatic rings. The fourth-order valence-corrected chi connectivity index (χ4v) is 1.50. The Morgan fingerprint density at radius 1 is 1.77 bits per heavy atom. The molecule has 1 saturated carbocycles. The average Bonchev–Trinajstić information content (AvgIpc) is 2.83. The molecule has 0 saturated heterocycles. The van der Waals surface area contributed by atoms with E-state index in [-0.39, 0.29) is 18.4 Å². The van der Waals surface area contributed by atoms with Crippen LogP contribution in [-0.2, 0) is 4.79 Å². The van der Waals surface area contributed by atoms with Crippen LogP contribution in [0.1, 0.15) is 20.3 Å². The summed E-state index contributed by atoms with van der Waals surface area (Å²) in [5.41, 5.74) is 5.17. The zero-order valence-corrected chi connectivity index (χ0v) is 8.16. The van der Waals surface area contributed by atoms with Gasteiger partial charge in [0.05, 0.1) is 0 Å². The number of nitrogens with zero attached hydrogens (tertiary/aromatic N) is 1. The first-order valence-electron chi connectivity index (χ1n) is 4.76. The molecule has 1 aliphatic carbocycles. The molecule has 76 valence electrons. The Kier molecular flexibility index (Phi) is 3.25. The van der Waals surface area contributed by atoms with Gasteiger partial charge in [0, 0.05) is 19.0 Å². The zero-order chi connectivity index (χ0) is 10.0. The lowest BCUT2D eigenvalue weighted by Crippen LogP contribution is -2.42. The van der Waals surface area contributed by atoms with Crippen molar-refractivity contribution in [1.29, 1.82) is 0 Å². The molecule has 2 N–H and O–H groups in total.